The zero-order valence-electron chi connectivity index (χ0n) is 15.7. The molecule has 1 amide bonds. The van der Waals surface area contributed by atoms with Crippen molar-refractivity contribution < 1.29 is 9.59 Å². The number of amides is 1. The number of Topliss-reactive ketones (excluding diaryl/α,β-unsaturated/α-hetero) is 1. The molecule has 1 heterocycles. The lowest BCUT2D eigenvalue weighted by molar-refractivity contribution is -0.118. The Morgan fingerprint density at radius 3 is 2.52 bits per heavy atom. The summed E-state index contributed by atoms with van der Waals surface area (Å²) in [6.45, 7) is 4.02. The van der Waals surface area contributed by atoms with E-state index in [4.69, 9.17) is 0 Å². The maximum atomic E-state index is 12.8. The van der Waals surface area contributed by atoms with E-state index < -0.39 is 0 Å². The van der Waals surface area contributed by atoms with E-state index in [-0.39, 0.29) is 16.9 Å². The molecule has 1 atom stereocenters. The molecule has 0 saturated carbocycles. The standard InChI is InChI=1S/C21H23N3O2S/c1-14(27-21-23-18-6-4-5-7-19(18)24(21)3)20(26)17-10-8-16(9-11-17)12-13-22-15(2)25/h4-11,14H,12-13H2,1-3H3,(H,22,25). The smallest absolute Gasteiger partial charge is 0.216 e. The molecule has 0 bridgehead atoms. The first-order valence-electron chi connectivity index (χ1n) is 8.91. The van der Waals surface area contributed by atoms with Gasteiger partial charge in [-0.2, -0.15) is 0 Å². The molecule has 0 saturated heterocycles. The zero-order valence-corrected chi connectivity index (χ0v) is 16.5. The normalized spacial score (nSPS) is 12.1. The van der Waals surface area contributed by atoms with E-state index in [1.54, 1.807) is 0 Å². The number of fused-ring (bicyclic) bond motifs is 1. The Morgan fingerprint density at radius 2 is 1.85 bits per heavy atom. The second-order valence-corrected chi connectivity index (χ2v) is 7.80. The summed E-state index contributed by atoms with van der Waals surface area (Å²) in [6.07, 6.45) is 0.748. The largest absolute Gasteiger partial charge is 0.356 e. The minimum absolute atomic E-state index is 0.0328. The molecule has 2 aromatic carbocycles. The van der Waals surface area contributed by atoms with Crippen LogP contribution < -0.4 is 5.32 Å². The maximum Gasteiger partial charge on any atom is 0.216 e. The van der Waals surface area contributed by atoms with Gasteiger partial charge in [0.1, 0.15) is 0 Å². The lowest BCUT2D eigenvalue weighted by atomic mass is 10.0. The lowest BCUT2D eigenvalue weighted by Gasteiger charge is -2.11. The van der Waals surface area contributed by atoms with E-state index in [1.807, 2.05) is 67.1 Å². The van der Waals surface area contributed by atoms with Crippen molar-refractivity contribution in [2.45, 2.75) is 30.7 Å². The quantitative estimate of drug-likeness (QED) is 0.502. The summed E-state index contributed by atoms with van der Waals surface area (Å²) < 4.78 is 2.02. The van der Waals surface area contributed by atoms with Gasteiger partial charge in [-0.3, -0.25) is 9.59 Å². The average molecular weight is 382 g/mol. The first-order valence-corrected chi connectivity index (χ1v) is 9.79. The molecule has 3 rings (SSSR count). The molecule has 0 aliphatic rings. The second-order valence-electron chi connectivity index (χ2n) is 6.50. The Hall–Kier alpha value is -2.60. The third-order valence-corrected chi connectivity index (χ3v) is 5.57. The number of ketones is 1. The van der Waals surface area contributed by atoms with Crippen LogP contribution in [0.25, 0.3) is 11.0 Å². The van der Waals surface area contributed by atoms with E-state index in [2.05, 4.69) is 10.3 Å². The van der Waals surface area contributed by atoms with Gasteiger partial charge in [0.15, 0.2) is 10.9 Å². The molecule has 6 heteroatoms. The van der Waals surface area contributed by atoms with Crippen molar-refractivity contribution >= 4 is 34.5 Å². The Morgan fingerprint density at radius 1 is 1.15 bits per heavy atom. The molecule has 1 aromatic heterocycles. The SMILES string of the molecule is CC(=O)NCCc1ccc(C(=O)C(C)Sc2nc3ccccc3n2C)cc1. The van der Waals surface area contributed by atoms with E-state index in [1.165, 1.54) is 18.7 Å². The van der Waals surface area contributed by atoms with Crippen molar-refractivity contribution in [1.82, 2.24) is 14.9 Å². The van der Waals surface area contributed by atoms with Crippen LogP contribution in [0, 0.1) is 0 Å². The zero-order chi connectivity index (χ0) is 19.4. The number of aromatic nitrogens is 2. The van der Waals surface area contributed by atoms with Crippen LogP contribution in [0.1, 0.15) is 29.8 Å². The van der Waals surface area contributed by atoms with Gasteiger partial charge in [-0.05, 0) is 31.0 Å². The molecule has 1 unspecified atom stereocenters. The number of aryl methyl sites for hydroxylation is 1. The van der Waals surface area contributed by atoms with Gasteiger partial charge in [-0.1, -0.05) is 48.2 Å². The van der Waals surface area contributed by atoms with Crippen LogP contribution in [0.4, 0.5) is 0 Å². The van der Waals surface area contributed by atoms with Crippen LogP contribution in [0.15, 0.2) is 53.7 Å². The van der Waals surface area contributed by atoms with E-state index in [0.717, 1.165) is 28.2 Å². The van der Waals surface area contributed by atoms with E-state index in [9.17, 15) is 9.59 Å². The second kappa shape index (κ2) is 8.39. The number of rotatable bonds is 7. The number of nitrogens with zero attached hydrogens (tertiary/aromatic N) is 2. The number of hydrogen-bond acceptors (Lipinski definition) is 4. The van der Waals surface area contributed by atoms with Crippen LogP contribution in [-0.4, -0.2) is 33.0 Å². The predicted octanol–water partition coefficient (Wildman–Crippen LogP) is 3.62. The first-order chi connectivity index (χ1) is 13.0. The number of para-hydroxylation sites is 2. The van der Waals surface area contributed by atoms with Crippen LogP contribution in [0.3, 0.4) is 0 Å². The van der Waals surface area contributed by atoms with Crippen molar-refractivity contribution in [3.8, 4) is 0 Å². The highest BCUT2D eigenvalue weighted by Crippen LogP contribution is 2.27. The number of carbonyl (C=O) groups is 2. The maximum absolute atomic E-state index is 12.8. The summed E-state index contributed by atoms with van der Waals surface area (Å²) in [5.74, 6) is 0.0510. The number of thioether (sulfide) groups is 1. The Balaban J connectivity index is 1.66. The lowest BCUT2D eigenvalue weighted by Crippen LogP contribution is -2.22. The highest BCUT2D eigenvalue weighted by molar-refractivity contribution is 8.00. The van der Waals surface area contributed by atoms with Crippen LogP contribution in [0.2, 0.25) is 0 Å². The molecule has 27 heavy (non-hydrogen) atoms. The fourth-order valence-electron chi connectivity index (χ4n) is 2.89. The van der Waals surface area contributed by atoms with Crippen molar-refractivity contribution in [2.75, 3.05) is 6.54 Å². The highest BCUT2D eigenvalue weighted by Gasteiger charge is 2.19. The van der Waals surface area contributed by atoms with Crippen molar-refractivity contribution in [2.24, 2.45) is 7.05 Å². The predicted molar refractivity (Wildman–Crippen MR) is 109 cm³/mol. The van der Waals surface area contributed by atoms with Crippen LogP contribution in [-0.2, 0) is 18.3 Å². The van der Waals surface area contributed by atoms with Gasteiger partial charge in [0.2, 0.25) is 5.91 Å². The molecule has 0 aliphatic carbocycles. The number of nitrogens with one attached hydrogen (secondary N) is 1. The minimum atomic E-state index is -0.231. The summed E-state index contributed by atoms with van der Waals surface area (Å²) in [7, 11) is 1.97. The Kier molecular flexibility index (Phi) is 5.96. The Labute approximate surface area is 163 Å². The third-order valence-electron chi connectivity index (χ3n) is 4.42. The molecule has 3 aromatic rings. The number of imidazole rings is 1. The number of carbonyl (C=O) groups excluding carboxylic acids is 2. The first kappa shape index (κ1) is 19.2. The van der Waals surface area contributed by atoms with E-state index >= 15 is 0 Å². The van der Waals surface area contributed by atoms with E-state index in [0.29, 0.717) is 12.1 Å². The van der Waals surface area contributed by atoms with Gasteiger partial charge in [-0.25, -0.2) is 4.98 Å². The Bertz CT molecular complexity index is 963. The monoisotopic (exact) mass is 381 g/mol. The van der Waals surface area contributed by atoms with Gasteiger partial charge in [0.05, 0.1) is 16.3 Å². The summed E-state index contributed by atoms with van der Waals surface area (Å²) in [4.78, 5) is 28.3. The van der Waals surface area contributed by atoms with Crippen LogP contribution >= 0.6 is 11.8 Å². The molecule has 5 nitrogen and oxygen atoms in total. The third kappa shape index (κ3) is 4.57. The fourth-order valence-corrected chi connectivity index (χ4v) is 3.86. The topological polar surface area (TPSA) is 64.0 Å². The molecular weight excluding hydrogens is 358 g/mol. The summed E-state index contributed by atoms with van der Waals surface area (Å²) >= 11 is 1.47. The summed E-state index contributed by atoms with van der Waals surface area (Å²) in [5, 5.41) is 3.38. The fraction of sp³-hybridized carbons (Fsp3) is 0.286. The van der Waals surface area contributed by atoms with Gasteiger partial charge >= 0.3 is 0 Å². The summed E-state index contributed by atoms with van der Waals surface area (Å²) in [6, 6.07) is 15.6. The number of hydrogen-bond donors (Lipinski definition) is 1. The minimum Gasteiger partial charge on any atom is -0.356 e. The van der Waals surface area contributed by atoms with Gasteiger partial charge in [0.25, 0.3) is 0 Å². The molecule has 0 spiro atoms. The van der Waals surface area contributed by atoms with Gasteiger partial charge < -0.3 is 9.88 Å². The summed E-state index contributed by atoms with van der Waals surface area (Å²) in [5.41, 5.74) is 3.78. The van der Waals surface area contributed by atoms with Crippen molar-refractivity contribution in [3.63, 3.8) is 0 Å². The average Bonchev–Trinajstić information content (AvgIpc) is 2.97. The van der Waals surface area contributed by atoms with Crippen molar-refractivity contribution in [3.05, 3.63) is 59.7 Å². The van der Waals surface area contributed by atoms with Crippen molar-refractivity contribution in [1.29, 1.82) is 0 Å². The molecule has 140 valence electrons. The molecule has 0 fully saturated rings. The molecule has 0 radical (unpaired) electrons. The van der Waals surface area contributed by atoms with Gasteiger partial charge in [0, 0.05) is 26.1 Å². The molecule has 1 N–H and O–H groups in total. The highest BCUT2D eigenvalue weighted by atomic mass is 32.2. The van der Waals surface area contributed by atoms with Gasteiger partial charge in [-0.15, -0.1) is 0 Å². The number of benzene rings is 2. The molecule has 0 aliphatic heterocycles. The van der Waals surface area contributed by atoms with Crippen LogP contribution in [0.5, 0.6) is 0 Å². The molecular formula is C21H23N3O2S.